The zero-order valence-electron chi connectivity index (χ0n) is 8.57. The molecule has 0 atom stereocenters. The Morgan fingerprint density at radius 3 is 2.67 bits per heavy atom. The van der Waals surface area contributed by atoms with E-state index in [1.54, 1.807) is 11.8 Å². The van der Waals surface area contributed by atoms with Gasteiger partial charge in [0.05, 0.1) is 23.5 Å². The number of hydrogen-bond donors (Lipinski definition) is 0. The molecule has 0 saturated carbocycles. The summed E-state index contributed by atoms with van der Waals surface area (Å²) in [5, 5.41) is 4.88. The molecular formula is C11H11ClN2O. The molecule has 0 fully saturated rings. The van der Waals surface area contributed by atoms with Crippen LogP contribution in [0, 0.1) is 6.92 Å². The van der Waals surface area contributed by atoms with Crippen molar-refractivity contribution in [3.63, 3.8) is 0 Å². The van der Waals surface area contributed by atoms with Crippen molar-refractivity contribution in [2.24, 2.45) is 0 Å². The number of hydrogen-bond acceptors (Lipinski definition) is 2. The summed E-state index contributed by atoms with van der Waals surface area (Å²) in [5.41, 5.74) is 1.90. The van der Waals surface area contributed by atoms with Crippen molar-refractivity contribution >= 4 is 11.6 Å². The Labute approximate surface area is 93.2 Å². The first kappa shape index (κ1) is 10.1. The number of methoxy groups -OCH3 is 1. The fourth-order valence-electron chi connectivity index (χ4n) is 1.36. The van der Waals surface area contributed by atoms with Crippen LogP contribution in [-0.4, -0.2) is 16.9 Å². The first-order valence-electron chi connectivity index (χ1n) is 4.57. The molecule has 2 aromatic rings. The van der Waals surface area contributed by atoms with Crippen LogP contribution in [0.15, 0.2) is 30.5 Å². The first-order valence-corrected chi connectivity index (χ1v) is 4.94. The van der Waals surface area contributed by atoms with Crippen molar-refractivity contribution < 1.29 is 4.74 Å². The fourth-order valence-corrected chi connectivity index (χ4v) is 1.61. The molecule has 1 heterocycles. The average Bonchev–Trinajstić information content (AvgIpc) is 2.65. The first-order chi connectivity index (χ1) is 7.20. The third kappa shape index (κ3) is 1.97. The summed E-state index contributed by atoms with van der Waals surface area (Å²) >= 11 is 6.02. The molecular weight excluding hydrogens is 212 g/mol. The van der Waals surface area contributed by atoms with Crippen LogP contribution in [0.5, 0.6) is 5.75 Å². The Morgan fingerprint density at radius 2 is 2.13 bits per heavy atom. The van der Waals surface area contributed by atoms with E-state index in [0.29, 0.717) is 10.8 Å². The average molecular weight is 223 g/mol. The monoisotopic (exact) mass is 222 g/mol. The zero-order valence-corrected chi connectivity index (χ0v) is 9.32. The van der Waals surface area contributed by atoms with Gasteiger partial charge in [-0.25, -0.2) is 4.68 Å². The second-order valence-corrected chi connectivity index (χ2v) is 3.63. The van der Waals surface area contributed by atoms with Gasteiger partial charge in [-0.1, -0.05) is 11.6 Å². The van der Waals surface area contributed by atoms with E-state index >= 15 is 0 Å². The van der Waals surface area contributed by atoms with Gasteiger partial charge in [0.2, 0.25) is 0 Å². The van der Waals surface area contributed by atoms with E-state index in [2.05, 4.69) is 5.10 Å². The summed E-state index contributed by atoms with van der Waals surface area (Å²) in [7, 11) is 1.60. The highest BCUT2D eigenvalue weighted by atomic mass is 35.5. The highest BCUT2D eigenvalue weighted by molar-refractivity contribution is 6.32. The van der Waals surface area contributed by atoms with Crippen molar-refractivity contribution in [3.8, 4) is 11.4 Å². The van der Waals surface area contributed by atoms with Gasteiger partial charge in [-0.15, -0.1) is 0 Å². The van der Waals surface area contributed by atoms with Gasteiger partial charge in [-0.3, -0.25) is 0 Å². The van der Waals surface area contributed by atoms with Crippen molar-refractivity contribution in [2.45, 2.75) is 6.92 Å². The van der Waals surface area contributed by atoms with Gasteiger partial charge in [0.15, 0.2) is 0 Å². The topological polar surface area (TPSA) is 27.1 Å². The standard InChI is InChI=1S/C11H11ClN2O/c1-8-5-6-14(13-8)9-3-4-11(15-2)10(12)7-9/h3-7H,1-2H3. The van der Waals surface area contributed by atoms with Crippen LogP contribution < -0.4 is 4.74 Å². The third-order valence-corrected chi connectivity index (χ3v) is 2.42. The lowest BCUT2D eigenvalue weighted by atomic mass is 10.3. The molecule has 0 aliphatic rings. The Hall–Kier alpha value is -1.48. The predicted molar refractivity (Wildman–Crippen MR) is 59.9 cm³/mol. The number of halogens is 1. The van der Waals surface area contributed by atoms with Crippen LogP contribution in [0.3, 0.4) is 0 Å². The number of rotatable bonds is 2. The van der Waals surface area contributed by atoms with Gasteiger partial charge >= 0.3 is 0 Å². The normalized spacial score (nSPS) is 10.3. The second-order valence-electron chi connectivity index (χ2n) is 3.22. The smallest absolute Gasteiger partial charge is 0.137 e. The van der Waals surface area contributed by atoms with E-state index < -0.39 is 0 Å². The maximum Gasteiger partial charge on any atom is 0.137 e. The van der Waals surface area contributed by atoms with Crippen LogP contribution in [-0.2, 0) is 0 Å². The van der Waals surface area contributed by atoms with Gasteiger partial charge in [0.25, 0.3) is 0 Å². The van der Waals surface area contributed by atoms with Crippen molar-refractivity contribution in [1.82, 2.24) is 9.78 Å². The molecule has 1 aromatic heterocycles. The van der Waals surface area contributed by atoms with Crippen molar-refractivity contribution in [3.05, 3.63) is 41.2 Å². The van der Waals surface area contributed by atoms with Crippen LogP contribution >= 0.6 is 11.6 Å². The molecule has 3 nitrogen and oxygen atoms in total. The van der Waals surface area contributed by atoms with Gasteiger partial charge < -0.3 is 4.74 Å². The number of benzene rings is 1. The van der Waals surface area contributed by atoms with E-state index in [1.807, 2.05) is 37.4 Å². The van der Waals surface area contributed by atoms with E-state index in [-0.39, 0.29) is 0 Å². The quantitative estimate of drug-likeness (QED) is 0.781. The SMILES string of the molecule is COc1ccc(-n2ccc(C)n2)cc1Cl. The van der Waals surface area contributed by atoms with E-state index in [0.717, 1.165) is 11.4 Å². The summed E-state index contributed by atoms with van der Waals surface area (Å²) in [5.74, 6) is 0.671. The number of aryl methyl sites for hydroxylation is 1. The van der Waals surface area contributed by atoms with E-state index in [4.69, 9.17) is 16.3 Å². The van der Waals surface area contributed by atoms with Crippen LogP contribution in [0.4, 0.5) is 0 Å². The second kappa shape index (κ2) is 3.95. The largest absolute Gasteiger partial charge is 0.495 e. The lowest BCUT2D eigenvalue weighted by molar-refractivity contribution is 0.415. The summed E-state index contributed by atoms with van der Waals surface area (Å²) in [4.78, 5) is 0. The summed E-state index contributed by atoms with van der Waals surface area (Å²) in [6.45, 7) is 1.95. The Kier molecular flexibility index (Phi) is 2.64. The molecule has 0 saturated heterocycles. The van der Waals surface area contributed by atoms with Crippen LogP contribution in [0.1, 0.15) is 5.69 Å². The molecule has 0 spiro atoms. The molecule has 0 N–H and O–H groups in total. The molecule has 78 valence electrons. The predicted octanol–water partition coefficient (Wildman–Crippen LogP) is 2.84. The molecule has 0 bridgehead atoms. The Morgan fingerprint density at radius 1 is 1.33 bits per heavy atom. The molecule has 0 aliphatic carbocycles. The zero-order chi connectivity index (χ0) is 10.8. The van der Waals surface area contributed by atoms with Crippen molar-refractivity contribution in [2.75, 3.05) is 7.11 Å². The minimum Gasteiger partial charge on any atom is -0.495 e. The van der Waals surface area contributed by atoms with Crippen LogP contribution in [0.2, 0.25) is 5.02 Å². The lowest BCUT2D eigenvalue weighted by Crippen LogP contribution is -1.95. The molecule has 0 aliphatic heterocycles. The Bertz CT molecular complexity index is 479. The molecule has 0 unspecified atom stereocenters. The molecule has 0 amide bonds. The van der Waals surface area contributed by atoms with Crippen molar-refractivity contribution in [1.29, 1.82) is 0 Å². The van der Waals surface area contributed by atoms with Crippen LogP contribution in [0.25, 0.3) is 5.69 Å². The highest BCUT2D eigenvalue weighted by Gasteiger charge is 2.03. The Balaban J connectivity index is 2.42. The maximum atomic E-state index is 6.02. The van der Waals surface area contributed by atoms with E-state index in [1.165, 1.54) is 0 Å². The third-order valence-electron chi connectivity index (χ3n) is 2.12. The number of nitrogens with zero attached hydrogens (tertiary/aromatic N) is 2. The van der Waals surface area contributed by atoms with Gasteiger partial charge in [0.1, 0.15) is 5.75 Å². The fraction of sp³-hybridized carbons (Fsp3) is 0.182. The molecule has 0 radical (unpaired) electrons. The molecule has 15 heavy (non-hydrogen) atoms. The molecule has 1 aromatic carbocycles. The van der Waals surface area contributed by atoms with E-state index in [9.17, 15) is 0 Å². The van der Waals surface area contributed by atoms with Gasteiger partial charge in [0, 0.05) is 6.20 Å². The van der Waals surface area contributed by atoms with Gasteiger partial charge in [-0.05, 0) is 31.2 Å². The number of aromatic nitrogens is 2. The lowest BCUT2D eigenvalue weighted by Gasteiger charge is -2.05. The summed E-state index contributed by atoms with van der Waals surface area (Å²) in [6, 6.07) is 7.51. The summed E-state index contributed by atoms with van der Waals surface area (Å²) in [6.07, 6.45) is 1.90. The highest BCUT2D eigenvalue weighted by Crippen LogP contribution is 2.26. The minimum atomic E-state index is 0.586. The summed E-state index contributed by atoms with van der Waals surface area (Å²) < 4.78 is 6.86. The minimum absolute atomic E-state index is 0.586. The maximum absolute atomic E-state index is 6.02. The molecule has 2 rings (SSSR count). The van der Waals surface area contributed by atoms with Gasteiger partial charge in [-0.2, -0.15) is 5.10 Å². The number of ether oxygens (including phenoxy) is 1. The molecule has 4 heteroatoms.